The summed E-state index contributed by atoms with van der Waals surface area (Å²) in [5.41, 5.74) is 1.23. The molecule has 0 spiro atoms. The van der Waals surface area contributed by atoms with Crippen molar-refractivity contribution in [2.24, 2.45) is 0 Å². The van der Waals surface area contributed by atoms with Crippen molar-refractivity contribution < 1.29 is 0 Å². The molecule has 1 aromatic heterocycles. The molecule has 1 atom stereocenters. The van der Waals surface area contributed by atoms with Crippen molar-refractivity contribution in [3.8, 4) is 0 Å². The van der Waals surface area contributed by atoms with Gasteiger partial charge in [-0.25, -0.2) is 0 Å². The van der Waals surface area contributed by atoms with E-state index in [0.29, 0.717) is 11.9 Å². The summed E-state index contributed by atoms with van der Waals surface area (Å²) in [4.78, 5) is 6.27. The van der Waals surface area contributed by atoms with Crippen LogP contribution in [0.15, 0.2) is 24.5 Å². The third-order valence-corrected chi connectivity index (χ3v) is 2.29. The van der Waals surface area contributed by atoms with Crippen molar-refractivity contribution in [3.05, 3.63) is 30.1 Å². The van der Waals surface area contributed by atoms with Crippen LogP contribution in [0.5, 0.6) is 0 Å². The molecule has 1 heterocycles. The highest BCUT2D eigenvalue weighted by Gasteiger charge is 2.12. The van der Waals surface area contributed by atoms with E-state index in [9.17, 15) is 0 Å². The van der Waals surface area contributed by atoms with Crippen LogP contribution in [0.3, 0.4) is 0 Å². The van der Waals surface area contributed by atoms with Crippen LogP contribution in [0.1, 0.15) is 18.0 Å². The van der Waals surface area contributed by atoms with E-state index in [1.165, 1.54) is 5.56 Å². The molecular weight excluding hydrogens is 184 g/mol. The highest BCUT2D eigenvalue weighted by molar-refractivity contribution is 6.17. The van der Waals surface area contributed by atoms with Crippen molar-refractivity contribution in [2.45, 2.75) is 12.5 Å². The van der Waals surface area contributed by atoms with E-state index < -0.39 is 0 Å². The van der Waals surface area contributed by atoms with Gasteiger partial charge in [-0.05, 0) is 32.1 Å². The first kappa shape index (κ1) is 10.5. The number of hydrogen-bond acceptors (Lipinski definition) is 2. The molecule has 0 N–H and O–H groups in total. The summed E-state index contributed by atoms with van der Waals surface area (Å²) in [6.45, 7) is 0. The summed E-state index contributed by atoms with van der Waals surface area (Å²) in [7, 11) is 4.12. The van der Waals surface area contributed by atoms with E-state index in [0.717, 1.165) is 6.42 Å². The summed E-state index contributed by atoms with van der Waals surface area (Å²) < 4.78 is 0. The molecule has 1 rings (SSSR count). The molecule has 0 saturated heterocycles. The average molecular weight is 199 g/mol. The van der Waals surface area contributed by atoms with E-state index >= 15 is 0 Å². The zero-order valence-electron chi connectivity index (χ0n) is 8.07. The smallest absolute Gasteiger partial charge is 0.0368 e. The number of hydrogen-bond donors (Lipinski definition) is 0. The zero-order valence-corrected chi connectivity index (χ0v) is 8.83. The molecular formula is C10H15ClN2. The Labute approximate surface area is 84.5 Å². The lowest BCUT2D eigenvalue weighted by Crippen LogP contribution is -2.20. The largest absolute Gasteiger partial charge is 0.302 e. The van der Waals surface area contributed by atoms with Gasteiger partial charge < -0.3 is 4.90 Å². The molecule has 0 aromatic carbocycles. The van der Waals surface area contributed by atoms with Crippen LogP contribution in [0.4, 0.5) is 0 Å². The van der Waals surface area contributed by atoms with Crippen molar-refractivity contribution in [1.82, 2.24) is 9.88 Å². The Morgan fingerprint density at radius 3 is 2.77 bits per heavy atom. The molecule has 0 amide bonds. The van der Waals surface area contributed by atoms with E-state index in [1.54, 1.807) is 6.20 Å². The van der Waals surface area contributed by atoms with Gasteiger partial charge in [0, 0.05) is 24.3 Å². The minimum atomic E-state index is 0.381. The van der Waals surface area contributed by atoms with Crippen LogP contribution < -0.4 is 0 Å². The Morgan fingerprint density at radius 2 is 2.31 bits per heavy atom. The predicted molar refractivity (Wildman–Crippen MR) is 56.0 cm³/mol. The van der Waals surface area contributed by atoms with Crippen molar-refractivity contribution in [1.29, 1.82) is 0 Å². The standard InChI is InChI=1S/C10H15ClN2/c1-13(2)10(5-6-11)9-4-3-7-12-8-9/h3-4,7-8,10H,5-6H2,1-2H3. The van der Waals surface area contributed by atoms with E-state index in [-0.39, 0.29) is 0 Å². The Morgan fingerprint density at radius 1 is 1.54 bits per heavy atom. The van der Waals surface area contributed by atoms with Gasteiger partial charge in [-0.15, -0.1) is 11.6 Å². The van der Waals surface area contributed by atoms with Crippen molar-refractivity contribution >= 4 is 11.6 Å². The third-order valence-electron chi connectivity index (χ3n) is 2.08. The van der Waals surface area contributed by atoms with E-state index in [1.807, 2.05) is 12.3 Å². The van der Waals surface area contributed by atoms with Gasteiger partial charge in [0.05, 0.1) is 0 Å². The highest BCUT2D eigenvalue weighted by Crippen LogP contribution is 2.20. The van der Waals surface area contributed by atoms with Crippen LogP contribution in [0, 0.1) is 0 Å². The van der Waals surface area contributed by atoms with Crippen LogP contribution in [0.2, 0.25) is 0 Å². The zero-order chi connectivity index (χ0) is 9.68. The van der Waals surface area contributed by atoms with Crippen LogP contribution in [-0.2, 0) is 0 Å². The maximum Gasteiger partial charge on any atom is 0.0368 e. The molecule has 72 valence electrons. The van der Waals surface area contributed by atoms with Gasteiger partial charge in [-0.1, -0.05) is 6.07 Å². The van der Waals surface area contributed by atoms with E-state index in [2.05, 4.69) is 30.0 Å². The van der Waals surface area contributed by atoms with Gasteiger partial charge in [0.15, 0.2) is 0 Å². The molecule has 0 fully saturated rings. The Kier molecular flexibility index (Phi) is 4.19. The van der Waals surface area contributed by atoms with E-state index in [4.69, 9.17) is 11.6 Å². The number of aromatic nitrogens is 1. The molecule has 13 heavy (non-hydrogen) atoms. The summed E-state index contributed by atoms with van der Waals surface area (Å²) in [6, 6.07) is 4.43. The molecule has 0 aliphatic carbocycles. The van der Waals surface area contributed by atoms with Crippen LogP contribution >= 0.6 is 11.6 Å². The van der Waals surface area contributed by atoms with Crippen LogP contribution in [-0.4, -0.2) is 29.9 Å². The first-order valence-corrected chi connectivity index (χ1v) is 4.91. The summed E-state index contributed by atoms with van der Waals surface area (Å²) >= 11 is 5.74. The number of halogens is 1. The number of nitrogens with zero attached hydrogens (tertiary/aromatic N) is 2. The highest BCUT2D eigenvalue weighted by atomic mass is 35.5. The lowest BCUT2D eigenvalue weighted by atomic mass is 10.1. The average Bonchev–Trinajstić information content (AvgIpc) is 2.15. The maximum atomic E-state index is 5.74. The Hall–Kier alpha value is -0.600. The van der Waals surface area contributed by atoms with Gasteiger partial charge in [-0.2, -0.15) is 0 Å². The number of alkyl halides is 1. The molecule has 0 aliphatic rings. The topological polar surface area (TPSA) is 16.1 Å². The molecule has 0 saturated carbocycles. The lowest BCUT2D eigenvalue weighted by molar-refractivity contribution is 0.292. The summed E-state index contributed by atoms with van der Waals surface area (Å²) in [5, 5.41) is 0. The van der Waals surface area contributed by atoms with Gasteiger partial charge in [0.1, 0.15) is 0 Å². The SMILES string of the molecule is CN(C)C(CCCl)c1cccnc1. The predicted octanol–water partition coefficient (Wildman–Crippen LogP) is 2.31. The second-order valence-corrected chi connectivity index (χ2v) is 3.62. The normalized spacial score (nSPS) is 13.2. The van der Waals surface area contributed by atoms with Gasteiger partial charge in [-0.3, -0.25) is 4.98 Å². The van der Waals surface area contributed by atoms with Crippen molar-refractivity contribution in [2.75, 3.05) is 20.0 Å². The van der Waals surface area contributed by atoms with Gasteiger partial charge in [0.25, 0.3) is 0 Å². The first-order valence-electron chi connectivity index (χ1n) is 4.38. The first-order chi connectivity index (χ1) is 6.25. The summed E-state index contributed by atoms with van der Waals surface area (Å²) in [6.07, 6.45) is 4.65. The third kappa shape index (κ3) is 2.98. The molecule has 1 aromatic rings. The fourth-order valence-corrected chi connectivity index (χ4v) is 1.61. The quantitative estimate of drug-likeness (QED) is 0.691. The minimum Gasteiger partial charge on any atom is -0.302 e. The Bertz CT molecular complexity index is 236. The second-order valence-electron chi connectivity index (χ2n) is 3.24. The molecule has 3 heteroatoms. The number of rotatable bonds is 4. The van der Waals surface area contributed by atoms with Gasteiger partial charge in [0.2, 0.25) is 0 Å². The molecule has 1 unspecified atom stereocenters. The van der Waals surface area contributed by atoms with Gasteiger partial charge >= 0.3 is 0 Å². The monoisotopic (exact) mass is 198 g/mol. The molecule has 0 bridgehead atoms. The fraction of sp³-hybridized carbons (Fsp3) is 0.500. The lowest BCUT2D eigenvalue weighted by Gasteiger charge is -2.23. The molecule has 0 radical (unpaired) electrons. The second kappa shape index (κ2) is 5.20. The summed E-state index contributed by atoms with van der Waals surface area (Å²) in [5.74, 6) is 0.678. The Balaban J connectivity index is 2.76. The van der Waals surface area contributed by atoms with Crippen LogP contribution in [0.25, 0.3) is 0 Å². The van der Waals surface area contributed by atoms with Crippen molar-refractivity contribution in [3.63, 3.8) is 0 Å². The number of pyridine rings is 1. The maximum absolute atomic E-state index is 5.74. The molecule has 0 aliphatic heterocycles. The molecule has 2 nitrogen and oxygen atoms in total. The minimum absolute atomic E-state index is 0.381. The fourth-order valence-electron chi connectivity index (χ4n) is 1.40.